The van der Waals surface area contributed by atoms with Crippen molar-refractivity contribution in [1.29, 1.82) is 0 Å². The third kappa shape index (κ3) is 4.10. The Kier molecular flexibility index (Phi) is 5.23. The van der Waals surface area contributed by atoms with Gasteiger partial charge in [-0.05, 0) is 42.0 Å². The van der Waals surface area contributed by atoms with Crippen LogP contribution in [0.25, 0.3) is 22.0 Å². The summed E-state index contributed by atoms with van der Waals surface area (Å²) in [6.07, 6.45) is 3.65. The first-order chi connectivity index (χ1) is 14.0. The van der Waals surface area contributed by atoms with Crippen LogP contribution in [0, 0.1) is 0 Å². The summed E-state index contributed by atoms with van der Waals surface area (Å²) in [6.45, 7) is 0.736. The first-order valence-corrected chi connectivity index (χ1v) is 9.56. The first-order valence-electron chi connectivity index (χ1n) is 9.19. The molecule has 0 unspecified atom stereocenters. The molecular weight excluding hydrogens is 384 g/mol. The molecule has 29 heavy (non-hydrogen) atoms. The minimum absolute atomic E-state index is 0.643. The third-order valence-corrected chi connectivity index (χ3v) is 5.15. The Balaban J connectivity index is 1.60. The van der Waals surface area contributed by atoms with Gasteiger partial charge in [-0.1, -0.05) is 23.7 Å². The number of anilines is 2. The van der Waals surface area contributed by atoms with Gasteiger partial charge in [0.2, 0.25) is 0 Å². The van der Waals surface area contributed by atoms with Crippen molar-refractivity contribution in [3.63, 3.8) is 0 Å². The van der Waals surface area contributed by atoms with Gasteiger partial charge in [0.05, 0.1) is 12.6 Å². The molecule has 0 saturated heterocycles. The van der Waals surface area contributed by atoms with Crippen LogP contribution in [-0.2, 0) is 6.54 Å². The number of aromatic nitrogens is 2. The standard InChI is InChI=1S/C23H21ClN4O/c1-28(14-15-3-6-19(29-2)7-4-15)23-11-22-17(13-27-23)9-16(12-26-22)20-10-18(25)5-8-21(20)24/h3-13H,14,25H2,1-2H3. The minimum Gasteiger partial charge on any atom is -0.497 e. The monoisotopic (exact) mass is 404 g/mol. The van der Waals surface area contributed by atoms with E-state index in [-0.39, 0.29) is 0 Å². The molecule has 2 heterocycles. The maximum Gasteiger partial charge on any atom is 0.130 e. The number of halogens is 1. The molecule has 6 heteroatoms. The van der Waals surface area contributed by atoms with Crippen molar-refractivity contribution in [1.82, 2.24) is 9.97 Å². The van der Waals surface area contributed by atoms with Crippen LogP contribution in [0.3, 0.4) is 0 Å². The van der Waals surface area contributed by atoms with E-state index in [9.17, 15) is 0 Å². The van der Waals surface area contributed by atoms with Crippen LogP contribution in [-0.4, -0.2) is 24.1 Å². The summed E-state index contributed by atoms with van der Waals surface area (Å²) >= 11 is 6.33. The van der Waals surface area contributed by atoms with E-state index in [4.69, 9.17) is 22.1 Å². The smallest absolute Gasteiger partial charge is 0.130 e. The summed E-state index contributed by atoms with van der Waals surface area (Å²) in [6, 6.07) is 17.5. The molecule has 0 saturated carbocycles. The summed E-state index contributed by atoms with van der Waals surface area (Å²) in [5.41, 5.74) is 10.4. The fourth-order valence-electron chi connectivity index (χ4n) is 3.22. The Hall–Kier alpha value is -3.31. The van der Waals surface area contributed by atoms with Crippen LogP contribution < -0.4 is 15.4 Å². The minimum atomic E-state index is 0.643. The molecule has 0 aliphatic heterocycles. The van der Waals surface area contributed by atoms with Crippen molar-refractivity contribution >= 4 is 34.0 Å². The number of hydrogen-bond donors (Lipinski definition) is 1. The molecule has 2 aromatic carbocycles. The summed E-state index contributed by atoms with van der Waals surface area (Å²) in [7, 11) is 3.68. The molecule has 2 N–H and O–H groups in total. The highest BCUT2D eigenvalue weighted by molar-refractivity contribution is 6.33. The SMILES string of the molecule is COc1ccc(CN(C)c2cc3ncc(-c4cc(N)ccc4Cl)cc3cn2)cc1. The number of fused-ring (bicyclic) bond motifs is 1. The van der Waals surface area contributed by atoms with Crippen LogP contribution in [0.1, 0.15) is 5.56 Å². The molecule has 0 spiro atoms. The number of nitrogens with two attached hydrogens (primary N) is 1. The normalized spacial score (nSPS) is 10.9. The van der Waals surface area contributed by atoms with E-state index in [2.05, 4.69) is 27.0 Å². The number of hydrogen-bond acceptors (Lipinski definition) is 5. The van der Waals surface area contributed by atoms with Crippen molar-refractivity contribution in [2.45, 2.75) is 6.54 Å². The van der Waals surface area contributed by atoms with E-state index in [0.717, 1.165) is 40.1 Å². The quantitative estimate of drug-likeness (QED) is 0.464. The average molecular weight is 405 g/mol. The van der Waals surface area contributed by atoms with Gasteiger partial charge in [0.15, 0.2) is 0 Å². The van der Waals surface area contributed by atoms with Gasteiger partial charge >= 0.3 is 0 Å². The van der Waals surface area contributed by atoms with Crippen molar-refractivity contribution in [2.24, 2.45) is 0 Å². The van der Waals surface area contributed by atoms with Crippen LogP contribution >= 0.6 is 11.6 Å². The van der Waals surface area contributed by atoms with E-state index in [1.54, 1.807) is 19.2 Å². The number of nitrogen functional groups attached to an aromatic ring is 1. The van der Waals surface area contributed by atoms with Gasteiger partial charge in [0.25, 0.3) is 0 Å². The fraction of sp³-hybridized carbons (Fsp3) is 0.130. The van der Waals surface area contributed by atoms with Gasteiger partial charge in [-0.2, -0.15) is 0 Å². The molecule has 5 nitrogen and oxygen atoms in total. The molecule has 0 radical (unpaired) electrons. The predicted octanol–water partition coefficient (Wildman–Crippen LogP) is 5.18. The zero-order chi connectivity index (χ0) is 20.4. The molecule has 2 aromatic heterocycles. The zero-order valence-electron chi connectivity index (χ0n) is 16.3. The van der Waals surface area contributed by atoms with E-state index in [1.807, 2.05) is 49.8 Å². The highest BCUT2D eigenvalue weighted by Crippen LogP contribution is 2.31. The van der Waals surface area contributed by atoms with Gasteiger partial charge < -0.3 is 15.4 Å². The van der Waals surface area contributed by atoms with Crippen LogP contribution in [0.4, 0.5) is 11.5 Å². The van der Waals surface area contributed by atoms with E-state index < -0.39 is 0 Å². The average Bonchev–Trinajstić information content (AvgIpc) is 2.75. The number of pyridine rings is 2. The topological polar surface area (TPSA) is 64.3 Å². The lowest BCUT2D eigenvalue weighted by Crippen LogP contribution is -2.17. The van der Waals surface area contributed by atoms with E-state index in [1.165, 1.54) is 5.56 Å². The third-order valence-electron chi connectivity index (χ3n) is 4.82. The summed E-state index contributed by atoms with van der Waals surface area (Å²) in [5, 5.41) is 1.59. The van der Waals surface area contributed by atoms with Crippen molar-refractivity contribution < 1.29 is 4.74 Å². The number of benzene rings is 2. The molecule has 0 amide bonds. The highest BCUT2D eigenvalue weighted by Gasteiger charge is 2.09. The van der Waals surface area contributed by atoms with Crippen molar-refractivity contribution in [3.05, 3.63) is 77.6 Å². The lowest BCUT2D eigenvalue weighted by molar-refractivity contribution is 0.414. The molecular formula is C23H21ClN4O. The van der Waals surface area contributed by atoms with Gasteiger partial charge in [-0.15, -0.1) is 0 Å². The van der Waals surface area contributed by atoms with Gasteiger partial charge in [-0.25, -0.2) is 4.98 Å². The molecule has 0 atom stereocenters. The summed E-state index contributed by atoms with van der Waals surface area (Å²) < 4.78 is 5.21. The fourth-order valence-corrected chi connectivity index (χ4v) is 3.44. The van der Waals surface area contributed by atoms with Crippen LogP contribution in [0.15, 0.2) is 67.0 Å². The Morgan fingerprint density at radius 2 is 1.79 bits per heavy atom. The molecule has 0 fully saturated rings. The summed E-state index contributed by atoms with van der Waals surface area (Å²) in [4.78, 5) is 11.3. The number of rotatable bonds is 5. The van der Waals surface area contributed by atoms with Gasteiger partial charge in [-0.3, -0.25) is 4.98 Å². The second-order valence-electron chi connectivity index (χ2n) is 6.90. The van der Waals surface area contributed by atoms with E-state index >= 15 is 0 Å². The number of methoxy groups -OCH3 is 1. The summed E-state index contributed by atoms with van der Waals surface area (Å²) in [5.74, 6) is 1.70. The largest absolute Gasteiger partial charge is 0.497 e. The Morgan fingerprint density at radius 3 is 2.55 bits per heavy atom. The molecule has 146 valence electrons. The maximum atomic E-state index is 6.33. The second kappa shape index (κ2) is 7.97. The molecule has 4 rings (SSSR count). The molecule has 0 aliphatic rings. The number of ether oxygens (including phenoxy) is 1. The molecule has 0 aliphatic carbocycles. The van der Waals surface area contributed by atoms with Crippen molar-refractivity contribution in [2.75, 3.05) is 24.8 Å². The van der Waals surface area contributed by atoms with Gasteiger partial charge in [0.1, 0.15) is 11.6 Å². The predicted molar refractivity (Wildman–Crippen MR) is 119 cm³/mol. The lowest BCUT2D eigenvalue weighted by Gasteiger charge is -2.19. The van der Waals surface area contributed by atoms with Gasteiger partial charge in [0, 0.05) is 59.3 Å². The Labute approximate surface area is 174 Å². The first kappa shape index (κ1) is 19.0. The Morgan fingerprint density at radius 1 is 1.00 bits per heavy atom. The maximum absolute atomic E-state index is 6.33. The van der Waals surface area contributed by atoms with E-state index in [0.29, 0.717) is 10.7 Å². The Bertz CT molecular complexity index is 1160. The number of nitrogens with zero attached hydrogens (tertiary/aromatic N) is 3. The van der Waals surface area contributed by atoms with Crippen molar-refractivity contribution in [3.8, 4) is 16.9 Å². The molecule has 4 aromatic rings. The highest BCUT2D eigenvalue weighted by atomic mass is 35.5. The lowest BCUT2D eigenvalue weighted by atomic mass is 10.1. The van der Waals surface area contributed by atoms with Crippen LogP contribution in [0.5, 0.6) is 5.75 Å². The zero-order valence-corrected chi connectivity index (χ0v) is 17.0. The van der Waals surface area contributed by atoms with Crippen LogP contribution in [0.2, 0.25) is 5.02 Å². The second-order valence-corrected chi connectivity index (χ2v) is 7.31. The molecule has 0 bridgehead atoms.